The second-order valence-electron chi connectivity index (χ2n) is 13.8. The lowest BCUT2D eigenvalue weighted by Gasteiger charge is -2.22. The van der Waals surface area contributed by atoms with Crippen LogP contribution in [0.15, 0.2) is 182 Å². The normalized spacial score (nSPS) is 12.7. The number of hydrogen-bond donors (Lipinski definition) is 0. The molecule has 1 aliphatic rings. The van der Waals surface area contributed by atoms with Crippen molar-refractivity contribution in [3.8, 4) is 78.4 Å². The Balaban J connectivity index is 1.14. The molecule has 0 aliphatic carbocycles. The van der Waals surface area contributed by atoms with E-state index in [1.54, 1.807) is 0 Å². The van der Waals surface area contributed by atoms with Gasteiger partial charge < -0.3 is 0 Å². The third-order valence-corrected chi connectivity index (χ3v) is 13.8. The van der Waals surface area contributed by atoms with Crippen molar-refractivity contribution in [2.75, 3.05) is 0 Å². The van der Waals surface area contributed by atoms with Crippen LogP contribution >= 0.6 is 0 Å². The molecule has 0 unspecified atom stereocenters. The molecule has 0 radical (unpaired) electrons. The Hall–Kier alpha value is -6.16. The standard InChI is InChI=1S/C48H36N2Si/c1-51(2)44-25-10-9-24-43(44)46-47(51)45(41-22-12-19-38(31-41)34-16-7-4-8-17-34)49-48(50-46)42-23-13-21-40(32-42)39-20-11-18-37(30-39)36-28-26-35(27-29-36)33-14-5-3-6-15-33/h3-32H,1-2H3. The molecule has 51 heavy (non-hydrogen) atoms. The molecule has 0 saturated heterocycles. The molecule has 9 rings (SSSR count). The lowest BCUT2D eigenvalue weighted by atomic mass is 9.96. The summed E-state index contributed by atoms with van der Waals surface area (Å²) in [6.45, 7) is 4.88. The van der Waals surface area contributed by atoms with Crippen LogP contribution in [0.1, 0.15) is 0 Å². The number of rotatable bonds is 6. The topological polar surface area (TPSA) is 25.8 Å². The van der Waals surface area contributed by atoms with Gasteiger partial charge in [0.05, 0.1) is 11.4 Å². The second-order valence-corrected chi connectivity index (χ2v) is 18.1. The number of aromatic nitrogens is 2. The van der Waals surface area contributed by atoms with Crippen molar-refractivity contribution >= 4 is 18.4 Å². The van der Waals surface area contributed by atoms with Crippen molar-refractivity contribution in [3.63, 3.8) is 0 Å². The predicted molar refractivity (Wildman–Crippen MR) is 217 cm³/mol. The molecular weight excluding hydrogens is 633 g/mol. The van der Waals surface area contributed by atoms with Crippen LogP contribution in [0.4, 0.5) is 0 Å². The van der Waals surface area contributed by atoms with Crippen molar-refractivity contribution in [1.29, 1.82) is 0 Å². The maximum atomic E-state index is 5.46. The van der Waals surface area contributed by atoms with Gasteiger partial charge in [0.15, 0.2) is 5.82 Å². The van der Waals surface area contributed by atoms with Crippen molar-refractivity contribution in [2.24, 2.45) is 0 Å². The Morgan fingerprint density at radius 3 is 1.35 bits per heavy atom. The van der Waals surface area contributed by atoms with Crippen molar-refractivity contribution < 1.29 is 0 Å². The summed E-state index contributed by atoms with van der Waals surface area (Å²) < 4.78 is 0. The van der Waals surface area contributed by atoms with E-state index in [0.717, 1.165) is 39.5 Å². The van der Waals surface area contributed by atoms with Crippen LogP contribution in [-0.2, 0) is 0 Å². The summed E-state index contributed by atoms with van der Waals surface area (Å²) in [5.41, 5.74) is 15.0. The summed E-state index contributed by atoms with van der Waals surface area (Å²) >= 11 is 0. The minimum absolute atomic E-state index is 0.755. The van der Waals surface area contributed by atoms with E-state index in [1.807, 2.05) is 0 Å². The van der Waals surface area contributed by atoms with Crippen LogP contribution in [0.25, 0.3) is 78.4 Å². The molecule has 2 heterocycles. The zero-order valence-electron chi connectivity index (χ0n) is 28.7. The molecule has 0 amide bonds. The first-order valence-corrected chi connectivity index (χ1v) is 20.6. The Morgan fingerprint density at radius 2 is 0.725 bits per heavy atom. The molecule has 0 fully saturated rings. The van der Waals surface area contributed by atoms with Gasteiger partial charge in [-0.1, -0.05) is 177 Å². The molecule has 1 aliphatic heterocycles. The molecule has 0 N–H and O–H groups in total. The highest BCUT2D eigenvalue weighted by Gasteiger charge is 2.41. The van der Waals surface area contributed by atoms with Crippen LogP contribution in [0.5, 0.6) is 0 Å². The maximum Gasteiger partial charge on any atom is 0.160 e. The lowest BCUT2D eigenvalue weighted by Crippen LogP contribution is -2.50. The van der Waals surface area contributed by atoms with E-state index in [-0.39, 0.29) is 0 Å². The molecule has 0 atom stereocenters. The first kappa shape index (κ1) is 30.9. The first-order chi connectivity index (χ1) is 25.0. The molecule has 1 aromatic heterocycles. The van der Waals surface area contributed by atoms with Gasteiger partial charge in [0, 0.05) is 11.1 Å². The zero-order chi connectivity index (χ0) is 34.4. The number of benzene rings is 7. The Morgan fingerprint density at radius 1 is 0.333 bits per heavy atom. The minimum atomic E-state index is -2.08. The van der Waals surface area contributed by atoms with E-state index in [9.17, 15) is 0 Å². The third kappa shape index (κ3) is 5.62. The number of fused-ring (bicyclic) bond motifs is 3. The highest BCUT2D eigenvalue weighted by Crippen LogP contribution is 2.36. The minimum Gasteiger partial charge on any atom is -0.228 e. The first-order valence-electron chi connectivity index (χ1n) is 17.6. The van der Waals surface area contributed by atoms with E-state index in [2.05, 4.69) is 195 Å². The van der Waals surface area contributed by atoms with Gasteiger partial charge in [0.2, 0.25) is 0 Å². The largest absolute Gasteiger partial charge is 0.228 e. The molecular formula is C48H36N2Si. The summed E-state index contributed by atoms with van der Waals surface area (Å²) in [6, 6.07) is 65.2. The fourth-order valence-corrected chi connectivity index (χ4v) is 10.9. The van der Waals surface area contributed by atoms with Gasteiger partial charge in [0.1, 0.15) is 8.07 Å². The number of nitrogens with zero attached hydrogens (tertiary/aromatic N) is 2. The van der Waals surface area contributed by atoms with Crippen molar-refractivity contribution in [2.45, 2.75) is 13.1 Å². The summed E-state index contributed by atoms with van der Waals surface area (Å²) in [5.74, 6) is 0.755. The quantitative estimate of drug-likeness (QED) is 0.165. The molecule has 3 heteroatoms. The second kappa shape index (κ2) is 12.6. The van der Waals surface area contributed by atoms with Gasteiger partial charge in [-0.2, -0.15) is 0 Å². The fourth-order valence-electron chi connectivity index (χ4n) is 7.63. The molecule has 0 spiro atoms. The predicted octanol–water partition coefficient (Wildman–Crippen LogP) is 11.3. The molecule has 2 nitrogen and oxygen atoms in total. The molecule has 0 bridgehead atoms. The molecule has 7 aromatic carbocycles. The van der Waals surface area contributed by atoms with E-state index in [4.69, 9.17) is 9.97 Å². The Bertz CT molecular complexity index is 2540. The highest BCUT2D eigenvalue weighted by atomic mass is 28.3. The van der Waals surface area contributed by atoms with Gasteiger partial charge in [-0.05, 0) is 78.6 Å². The van der Waals surface area contributed by atoms with Gasteiger partial charge in [-0.3, -0.25) is 0 Å². The summed E-state index contributed by atoms with van der Waals surface area (Å²) in [7, 11) is -2.08. The van der Waals surface area contributed by atoms with Crippen LogP contribution in [-0.4, -0.2) is 18.0 Å². The average molecular weight is 669 g/mol. The van der Waals surface area contributed by atoms with E-state index in [1.165, 1.54) is 49.3 Å². The monoisotopic (exact) mass is 668 g/mol. The molecule has 0 saturated carbocycles. The summed E-state index contributed by atoms with van der Waals surface area (Å²) in [6.07, 6.45) is 0. The Kier molecular flexibility index (Phi) is 7.64. The third-order valence-electron chi connectivity index (χ3n) is 10.3. The molecule has 8 aromatic rings. The number of hydrogen-bond acceptors (Lipinski definition) is 2. The van der Waals surface area contributed by atoms with E-state index >= 15 is 0 Å². The van der Waals surface area contributed by atoms with Gasteiger partial charge in [-0.25, -0.2) is 9.97 Å². The van der Waals surface area contributed by atoms with Gasteiger partial charge >= 0.3 is 0 Å². The van der Waals surface area contributed by atoms with Crippen LogP contribution in [0.3, 0.4) is 0 Å². The van der Waals surface area contributed by atoms with E-state index < -0.39 is 8.07 Å². The zero-order valence-corrected chi connectivity index (χ0v) is 29.7. The SMILES string of the molecule is C[Si]1(C)c2ccccc2-c2nc(-c3cccc(-c4cccc(-c5ccc(-c6ccccc6)cc5)c4)c3)nc(-c3cccc(-c4ccccc4)c3)c21. The van der Waals surface area contributed by atoms with Gasteiger partial charge in [0.25, 0.3) is 0 Å². The molecule has 242 valence electrons. The lowest BCUT2D eigenvalue weighted by molar-refractivity contribution is 1.20. The van der Waals surface area contributed by atoms with E-state index in [0.29, 0.717) is 0 Å². The van der Waals surface area contributed by atoms with Crippen molar-refractivity contribution in [1.82, 2.24) is 9.97 Å². The summed E-state index contributed by atoms with van der Waals surface area (Å²) in [4.78, 5) is 10.8. The average Bonchev–Trinajstić information content (AvgIpc) is 3.44. The maximum absolute atomic E-state index is 5.46. The highest BCUT2D eigenvalue weighted by molar-refractivity contribution is 7.04. The Labute approximate surface area is 300 Å². The fraction of sp³-hybridized carbons (Fsp3) is 0.0417. The smallest absolute Gasteiger partial charge is 0.160 e. The van der Waals surface area contributed by atoms with Crippen LogP contribution < -0.4 is 10.4 Å². The summed E-state index contributed by atoms with van der Waals surface area (Å²) in [5, 5.41) is 2.74. The van der Waals surface area contributed by atoms with Crippen LogP contribution in [0.2, 0.25) is 13.1 Å². The van der Waals surface area contributed by atoms with Gasteiger partial charge in [-0.15, -0.1) is 0 Å². The van der Waals surface area contributed by atoms with Crippen molar-refractivity contribution in [3.05, 3.63) is 182 Å². The van der Waals surface area contributed by atoms with Crippen LogP contribution in [0, 0.1) is 0 Å².